The summed E-state index contributed by atoms with van der Waals surface area (Å²) in [6.45, 7) is 4.12. The number of carbonyl (C=O) groups is 4. The molecule has 0 unspecified atom stereocenters. The number of carbonyl (C=O) groups excluding carboxylic acids is 4. The predicted octanol–water partition coefficient (Wildman–Crippen LogP) is 1.70. The van der Waals surface area contributed by atoms with Crippen LogP contribution in [0, 0.1) is 0 Å². The van der Waals surface area contributed by atoms with Crippen molar-refractivity contribution < 1.29 is 47.6 Å². The third-order valence-corrected chi connectivity index (χ3v) is 7.06. The maximum atomic E-state index is 16.1. The monoisotopic (exact) mass is 581 g/mol. The smallest absolute Gasteiger partial charge is 0.323 e. The highest BCUT2D eigenvalue weighted by atomic mass is 19.1. The van der Waals surface area contributed by atoms with Crippen molar-refractivity contribution >= 4 is 34.4 Å². The Hall–Kier alpha value is -4.46. The Morgan fingerprint density at radius 3 is 2.12 bits per heavy atom. The van der Waals surface area contributed by atoms with Crippen LogP contribution in [0.2, 0.25) is 0 Å². The molecule has 2 heterocycles. The van der Waals surface area contributed by atoms with Gasteiger partial charge in [0.2, 0.25) is 12.5 Å². The van der Waals surface area contributed by atoms with Crippen LogP contribution in [0.5, 0.6) is 11.5 Å². The van der Waals surface area contributed by atoms with Gasteiger partial charge in [-0.25, -0.2) is 4.39 Å². The Balaban J connectivity index is 1.58. The predicted molar refractivity (Wildman–Crippen MR) is 144 cm³/mol. The number of nitrogens with zero attached hydrogens (tertiary/aromatic N) is 1. The molecule has 1 fully saturated rings. The molecule has 1 aromatic heterocycles. The van der Waals surface area contributed by atoms with Gasteiger partial charge in [0.05, 0.1) is 11.7 Å². The van der Waals surface area contributed by atoms with Gasteiger partial charge in [0.15, 0.2) is 35.3 Å². The third-order valence-electron chi connectivity index (χ3n) is 7.06. The van der Waals surface area contributed by atoms with Gasteiger partial charge in [-0.15, -0.1) is 0 Å². The number of alkyl halides is 1. The number of pyridine rings is 1. The van der Waals surface area contributed by atoms with Crippen LogP contribution >= 0.6 is 0 Å². The average molecular weight is 582 g/mol. The molecule has 13 heteroatoms. The van der Waals surface area contributed by atoms with E-state index in [0.29, 0.717) is 0 Å². The molecular weight excluding hydrogens is 553 g/mol. The molecule has 1 aliphatic carbocycles. The molecule has 42 heavy (non-hydrogen) atoms. The second-order valence-electron chi connectivity index (χ2n) is 10.2. The molecule has 0 spiro atoms. The first-order chi connectivity index (χ1) is 19.9. The van der Waals surface area contributed by atoms with E-state index in [-0.39, 0.29) is 33.2 Å². The molecule has 0 radical (unpaired) electrons. The molecule has 3 aromatic rings. The molecule has 1 saturated heterocycles. The van der Waals surface area contributed by atoms with Crippen molar-refractivity contribution in [1.29, 1.82) is 0 Å². The Morgan fingerprint density at radius 2 is 1.52 bits per heavy atom. The summed E-state index contributed by atoms with van der Waals surface area (Å²) in [5, 5.41) is 11.5. The molecule has 1 aliphatic heterocycles. The number of esters is 2. The zero-order valence-electron chi connectivity index (χ0n) is 22.8. The fraction of sp³-hybridized carbons (Fsp3) is 0.345. The van der Waals surface area contributed by atoms with Gasteiger partial charge in [-0.1, -0.05) is 30.3 Å². The standard InChI is InChI=1S/C29H28FN3O9/c1-11(31)27(37)40-24-13(3)39-29(19(30)25(24)41-28(38)12(2)32)42-26-20-16(9-6-10-33-20)17-18(23(26)36)22(35)15-8-5-4-7-14(15)21(17)34/h4-13,19,24-25,29,36H,31-32H2,1-3H3/t11-,12-,13-,19+,24+,25-,29-/m0/s1. The second-order valence-corrected chi connectivity index (χ2v) is 10.2. The average Bonchev–Trinajstić information content (AvgIpc) is 2.96. The van der Waals surface area contributed by atoms with E-state index in [4.69, 9.17) is 30.4 Å². The summed E-state index contributed by atoms with van der Waals surface area (Å²) in [6.07, 6.45) is -7.06. The number of ether oxygens (including phenoxy) is 4. The van der Waals surface area contributed by atoms with Crippen LogP contribution in [0.1, 0.15) is 52.6 Å². The zero-order valence-corrected chi connectivity index (χ0v) is 22.8. The van der Waals surface area contributed by atoms with Gasteiger partial charge in [0, 0.05) is 28.3 Å². The van der Waals surface area contributed by atoms with E-state index in [0.717, 1.165) is 0 Å². The third kappa shape index (κ3) is 4.85. The van der Waals surface area contributed by atoms with Gasteiger partial charge in [-0.05, 0) is 26.8 Å². The van der Waals surface area contributed by atoms with Crippen molar-refractivity contribution in [3.8, 4) is 11.5 Å². The van der Waals surface area contributed by atoms with Gasteiger partial charge in [0.1, 0.15) is 17.6 Å². The van der Waals surface area contributed by atoms with Crippen LogP contribution < -0.4 is 16.2 Å². The first-order valence-corrected chi connectivity index (χ1v) is 13.1. The topological polar surface area (TPSA) is 190 Å². The minimum atomic E-state index is -2.29. The molecular formula is C29H28FN3O9. The highest BCUT2D eigenvalue weighted by molar-refractivity contribution is 6.33. The van der Waals surface area contributed by atoms with Crippen LogP contribution in [-0.4, -0.2) is 76.5 Å². The summed E-state index contributed by atoms with van der Waals surface area (Å²) < 4.78 is 38.2. The van der Waals surface area contributed by atoms with Crippen molar-refractivity contribution in [2.75, 3.05) is 0 Å². The maximum Gasteiger partial charge on any atom is 0.323 e. The Bertz CT molecular complexity index is 1610. The SMILES string of the molecule is C[C@H](N)C(=O)O[C@H]1[C@@H](F)[C@H](Oc2c(O)c3c(c4cccnc24)C(=O)c2ccccc2C3=O)O[C@@H](C)[C@H]1OC(=O)[C@H](C)N. The molecule has 12 nitrogen and oxygen atoms in total. The van der Waals surface area contributed by atoms with Gasteiger partial charge in [-0.2, -0.15) is 0 Å². The number of ketones is 2. The highest BCUT2D eigenvalue weighted by Gasteiger charge is 2.51. The fourth-order valence-electron chi connectivity index (χ4n) is 4.94. The fourth-order valence-corrected chi connectivity index (χ4v) is 4.94. The summed E-state index contributed by atoms with van der Waals surface area (Å²) in [4.78, 5) is 55.8. The Morgan fingerprint density at radius 1 is 0.952 bits per heavy atom. The van der Waals surface area contributed by atoms with E-state index in [1.165, 1.54) is 51.2 Å². The summed E-state index contributed by atoms with van der Waals surface area (Å²) >= 11 is 0. The molecule has 220 valence electrons. The first kappa shape index (κ1) is 29.0. The summed E-state index contributed by atoms with van der Waals surface area (Å²) in [6, 6.07) is 6.99. The maximum absolute atomic E-state index is 16.1. The lowest BCUT2D eigenvalue weighted by Gasteiger charge is -2.41. The molecule has 5 N–H and O–H groups in total. The van der Waals surface area contributed by atoms with Gasteiger partial charge < -0.3 is 35.5 Å². The van der Waals surface area contributed by atoms with E-state index in [9.17, 15) is 24.3 Å². The number of hydrogen-bond acceptors (Lipinski definition) is 12. The number of hydrogen-bond donors (Lipinski definition) is 3. The first-order valence-electron chi connectivity index (χ1n) is 13.1. The van der Waals surface area contributed by atoms with E-state index >= 15 is 4.39 Å². The van der Waals surface area contributed by atoms with Crippen molar-refractivity contribution in [3.05, 3.63) is 64.8 Å². The number of aromatic nitrogens is 1. The number of phenols is 1. The van der Waals surface area contributed by atoms with Crippen LogP contribution in [-0.2, 0) is 23.8 Å². The summed E-state index contributed by atoms with van der Waals surface area (Å²) in [5.41, 5.74) is 11.0. The Labute approximate surface area is 238 Å². The molecule has 2 aromatic carbocycles. The normalized spacial score (nSPS) is 24.8. The number of fused-ring (bicyclic) bond motifs is 4. The summed E-state index contributed by atoms with van der Waals surface area (Å²) in [7, 11) is 0. The van der Waals surface area contributed by atoms with E-state index in [2.05, 4.69) is 4.98 Å². The van der Waals surface area contributed by atoms with Crippen LogP contribution in [0.3, 0.4) is 0 Å². The lowest BCUT2D eigenvalue weighted by atomic mass is 9.81. The number of rotatable bonds is 6. The number of benzene rings is 2. The molecule has 7 atom stereocenters. The zero-order chi connectivity index (χ0) is 30.5. The quantitative estimate of drug-likeness (QED) is 0.280. The van der Waals surface area contributed by atoms with Crippen molar-refractivity contribution in [3.63, 3.8) is 0 Å². The van der Waals surface area contributed by atoms with Crippen LogP contribution in [0.4, 0.5) is 4.39 Å². The van der Waals surface area contributed by atoms with Crippen LogP contribution in [0.25, 0.3) is 10.9 Å². The molecule has 5 rings (SSSR count). The van der Waals surface area contributed by atoms with Crippen LogP contribution in [0.15, 0.2) is 42.6 Å². The lowest BCUT2D eigenvalue weighted by Crippen LogP contribution is -2.60. The second kappa shape index (κ2) is 11.1. The molecule has 2 aliphatic rings. The van der Waals surface area contributed by atoms with Gasteiger partial charge in [0.25, 0.3) is 0 Å². The summed E-state index contributed by atoms with van der Waals surface area (Å²) in [5.74, 6) is -4.21. The van der Waals surface area contributed by atoms with Gasteiger partial charge >= 0.3 is 11.9 Å². The number of phenolic OH excluding ortho intramolecular Hbond substituents is 1. The van der Waals surface area contributed by atoms with E-state index in [1.54, 1.807) is 12.1 Å². The highest BCUT2D eigenvalue weighted by Crippen LogP contribution is 2.45. The largest absolute Gasteiger partial charge is 0.504 e. The minimum absolute atomic E-state index is 0.0487. The van der Waals surface area contributed by atoms with Crippen molar-refractivity contribution in [1.82, 2.24) is 4.98 Å². The van der Waals surface area contributed by atoms with Gasteiger partial charge in [-0.3, -0.25) is 24.2 Å². The van der Waals surface area contributed by atoms with E-state index < -0.39 is 77.9 Å². The minimum Gasteiger partial charge on any atom is -0.504 e. The number of nitrogens with two attached hydrogens (primary N) is 2. The van der Waals surface area contributed by atoms with E-state index in [1.807, 2.05) is 0 Å². The number of aromatic hydroxyl groups is 1. The molecule has 0 bridgehead atoms. The molecule has 0 saturated carbocycles. The van der Waals surface area contributed by atoms with Crippen molar-refractivity contribution in [2.45, 2.75) is 63.6 Å². The molecule has 0 amide bonds. The van der Waals surface area contributed by atoms with Crippen molar-refractivity contribution in [2.24, 2.45) is 11.5 Å². The lowest BCUT2D eigenvalue weighted by molar-refractivity contribution is -0.263. The Kier molecular flexibility index (Phi) is 7.66. The number of halogens is 1.